The van der Waals surface area contributed by atoms with Crippen LogP contribution in [-0.4, -0.2) is 33.2 Å². The number of aryl methyl sites for hydroxylation is 1. The summed E-state index contributed by atoms with van der Waals surface area (Å²) in [5.74, 6) is 0.362. The molecule has 0 saturated carbocycles. The van der Waals surface area contributed by atoms with Crippen molar-refractivity contribution in [1.29, 1.82) is 0 Å². The third-order valence-electron chi connectivity index (χ3n) is 5.21. The van der Waals surface area contributed by atoms with Crippen molar-refractivity contribution < 1.29 is 28.5 Å². The highest BCUT2D eigenvalue weighted by atomic mass is 35.5. The number of anilines is 1. The van der Waals surface area contributed by atoms with Crippen molar-refractivity contribution in [3.05, 3.63) is 87.9 Å². The number of rotatable bonds is 9. The summed E-state index contributed by atoms with van der Waals surface area (Å²) < 4.78 is 21.3. The zero-order valence-electron chi connectivity index (χ0n) is 19.9. The van der Waals surface area contributed by atoms with E-state index < -0.39 is 11.9 Å². The van der Waals surface area contributed by atoms with Gasteiger partial charge in [0.25, 0.3) is 0 Å². The lowest BCUT2D eigenvalue weighted by molar-refractivity contribution is -0.111. The van der Waals surface area contributed by atoms with Crippen LogP contribution in [0, 0.1) is 6.92 Å². The number of esters is 1. The molecule has 182 valence electrons. The van der Waals surface area contributed by atoms with Crippen molar-refractivity contribution in [2.45, 2.75) is 13.5 Å². The molecule has 0 aliphatic heterocycles. The van der Waals surface area contributed by atoms with E-state index in [1.807, 2.05) is 37.3 Å². The molecule has 1 amide bonds. The van der Waals surface area contributed by atoms with Crippen LogP contribution in [0.25, 0.3) is 6.08 Å². The lowest BCUT2D eigenvalue weighted by atomic mass is 10.1. The van der Waals surface area contributed by atoms with Crippen molar-refractivity contribution in [1.82, 2.24) is 0 Å². The molecule has 3 aromatic carbocycles. The molecule has 0 heterocycles. The first-order valence-electron chi connectivity index (χ1n) is 10.7. The third-order valence-corrected chi connectivity index (χ3v) is 5.52. The van der Waals surface area contributed by atoms with Gasteiger partial charge < -0.3 is 24.3 Å². The van der Waals surface area contributed by atoms with Gasteiger partial charge >= 0.3 is 5.97 Å². The Kier molecular flexibility index (Phi) is 8.75. The smallest absolute Gasteiger partial charge is 0.341 e. The second-order valence-electron chi connectivity index (χ2n) is 7.47. The van der Waals surface area contributed by atoms with Gasteiger partial charge in [-0.15, -0.1) is 0 Å². The lowest BCUT2D eigenvalue weighted by Gasteiger charge is -2.13. The molecule has 0 aliphatic rings. The van der Waals surface area contributed by atoms with Gasteiger partial charge in [-0.2, -0.15) is 0 Å². The SMILES string of the molecule is COC(=O)c1cc(Cl)c(NC(=O)/C=C/c2ccc(OCc3ccccc3C)c(OC)c2)cc1OC. The zero-order valence-corrected chi connectivity index (χ0v) is 20.6. The number of benzene rings is 3. The number of halogens is 1. The maximum Gasteiger partial charge on any atom is 0.341 e. The van der Waals surface area contributed by atoms with Crippen LogP contribution in [0.2, 0.25) is 5.02 Å². The quantitative estimate of drug-likeness (QED) is 0.303. The Morgan fingerprint density at radius 1 is 0.943 bits per heavy atom. The number of nitrogens with one attached hydrogen (secondary N) is 1. The average molecular weight is 496 g/mol. The summed E-state index contributed by atoms with van der Waals surface area (Å²) in [6.07, 6.45) is 3.00. The molecule has 7 nitrogen and oxygen atoms in total. The molecule has 0 spiro atoms. The second kappa shape index (κ2) is 11.9. The van der Waals surface area contributed by atoms with Crippen LogP contribution in [0.15, 0.2) is 60.7 Å². The zero-order chi connectivity index (χ0) is 25.4. The van der Waals surface area contributed by atoms with E-state index in [-0.39, 0.29) is 16.3 Å². The van der Waals surface area contributed by atoms with Gasteiger partial charge in [-0.3, -0.25) is 4.79 Å². The Morgan fingerprint density at radius 3 is 2.37 bits per heavy atom. The Balaban J connectivity index is 1.70. The summed E-state index contributed by atoms with van der Waals surface area (Å²) in [5.41, 5.74) is 3.43. The van der Waals surface area contributed by atoms with Gasteiger partial charge in [0.15, 0.2) is 11.5 Å². The molecule has 0 saturated heterocycles. The number of amides is 1. The van der Waals surface area contributed by atoms with E-state index in [2.05, 4.69) is 5.32 Å². The topological polar surface area (TPSA) is 83.1 Å². The van der Waals surface area contributed by atoms with Gasteiger partial charge in [0.1, 0.15) is 17.9 Å². The van der Waals surface area contributed by atoms with E-state index in [4.69, 9.17) is 30.5 Å². The van der Waals surface area contributed by atoms with Gasteiger partial charge in [0, 0.05) is 12.1 Å². The number of hydrogen-bond acceptors (Lipinski definition) is 6. The van der Waals surface area contributed by atoms with Crippen LogP contribution in [0.5, 0.6) is 17.2 Å². The minimum atomic E-state index is -0.596. The summed E-state index contributed by atoms with van der Waals surface area (Å²) in [4.78, 5) is 24.3. The Hall–Kier alpha value is -3.97. The van der Waals surface area contributed by atoms with E-state index in [1.54, 1.807) is 25.3 Å². The molecular formula is C27H26ClNO6. The summed E-state index contributed by atoms with van der Waals surface area (Å²) in [6, 6.07) is 16.2. The van der Waals surface area contributed by atoms with Crippen molar-refractivity contribution in [3.63, 3.8) is 0 Å². The van der Waals surface area contributed by atoms with Crippen LogP contribution >= 0.6 is 11.6 Å². The van der Waals surface area contributed by atoms with Crippen molar-refractivity contribution in [2.24, 2.45) is 0 Å². The molecule has 8 heteroatoms. The molecule has 0 unspecified atom stereocenters. The Bertz CT molecular complexity index is 1250. The largest absolute Gasteiger partial charge is 0.496 e. The minimum absolute atomic E-state index is 0.158. The molecule has 0 atom stereocenters. The molecule has 35 heavy (non-hydrogen) atoms. The van der Waals surface area contributed by atoms with E-state index in [9.17, 15) is 9.59 Å². The maximum atomic E-state index is 12.5. The second-order valence-corrected chi connectivity index (χ2v) is 7.88. The number of hydrogen-bond donors (Lipinski definition) is 1. The fourth-order valence-corrected chi connectivity index (χ4v) is 3.48. The van der Waals surface area contributed by atoms with Gasteiger partial charge in [-0.25, -0.2) is 4.79 Å². The van der Waals surface area contributed by atoms with E-state index in [0.717, 1.165) is 16.7 Å². The third kappa shape index (κ3) is 6.55. The minimum Gasteiger partial charge on any atom is -0.496 e. The molecule has 0 aliphatic carbocycles. The van der Waals surface area contributed by atoms with Crippen LogP contribution in [0.3, 0.4) is 0 Å². The lowest BCUT2D eigenvalue weighted by Crippen LogP contribution is -2.10. The maximum absolute atomic E-state index is 12.5. The molecule has 0 aromatic heterocycles. The number of carbonyl (C=O) groups excluding carboxylic acids is 2. The van der Waals surface area contributed by atoms with Crippen LogP contribution in [0.1, 0.15) is 27.0 Å². The van der Waals surface area contributed by atoms with Gasteiger partial charge in [-0.05, 0) is 47.9 Å². The van der Waals surface area contributed by atoms with Crippen molar-refractivity contribution >= 4 is 35.2 Å². The summed E-state index contributed by atoms with van der Waals surface area (Å²) in [7, 11) is 4.22. The van der Waals surface area contributed by atoms with E-state index in [1.165, 1.54) is 32.4 Å². The number of methoxy groups -OCH3 is 3. The predicted molar refractivity (Wildman–Crippen MR) is 136 cm³/mol. The molecular weight excluding hydrogens is 470 g/mol. The summed E-state index contributed by atoms with van der Waals surface area (Å²) >= 11 is 6.23. The monoisotopic (exact) mass is 495 g/mol. The molecule has 3 rings (SSSR count). The average Bonchev–Trinajstić information content (AvgIpc) is 2.87. The number of ether oxygens (including phenoxy) is 4. The molecule has 0 radical (unpaired) electrons. The van der Waals surface area contributed by atoms with Crippen molar-refractivity contribution in [3.8, 4) is 17.2 Å². The normalized spacial score (nSPS) is 10.7. The first kappa shape index (κ1) is 25.6. The highest BCUT2D eigenvalue weighted by Gasteiger charge is 2.17. The summed E-state index contributed by atoms with van der Waals surface area (Å²) in [5, 5.41) is 2.85. The molecule has 0 fully saturated rings. The first-order chi connectivity index (χ1) is 16.9. The highest BCUT2D eigenvalue weighted by Crippen LogP contribution is 2.32. The Labute approximate surface area is 209 Å². The standard InChI is InChI=1S/C27H26ClNO6/c1-17-7-5-6-8-19(17)16-35-23-11-9-18(13-25(23)33-3)10-12-26(30)29-22-15-24(32-2)20(14-21(22)28)27(31)34-4/h5-15H,16H2,1-4H3,(H,29,30)/b12-10+. The van der Waals surface area contributed by atoms with E-state index in [0.29, 0.717) is 23.8 Å². The van der Waals surface area contributed by atoms with Gasteiger partial charge in [0.05, 0.1) is 32.0 Å². The fraction of sp³-hybridized carbons (Fsp3) is 0.185. The predicted octanol–water partition coefficient (Wildman–Crippen LogP) is 5.68. The highest BCUT2D eigenvalue weighted by molar-refractivity contribution is 6.34. The van der Waals surface area contributed by atoms with Gasteiger partial charge in [0.2, 0.25) is 5.91 Å². The fourth-order valence-electron chi connectivity index (χ4n) is 3.27. The molecule has 1 N–H and O–H groups in total. The van der Waals surface area contributed by atoms with Crippen LogP contribution in [-0.2, 0) is 16.1 Å². The molecule has 0 bridgehead atoms. The number of carbonyl (C=O) groups is 2. The van der Waals surface area contributed by atoms with Crippen molar-refractivity contribution in [2.75, 3.05) is 26.6 Å². The molecule has 3 aromatic rings. The Morgan fingerprint density at radius 2 is 1.69 bits per heavy atom. The van der Waals surface area contributed by atoms with E-state index >= 15 is 0 Å². The van der Waals surface area contributed by atoms with Crippen LogP contribution in [0.4, 0.5) is 5.69 Å². The van der Waals surface area contributed by atoms with Gasteiger partial charge in [-0.1, -0.05) is 41.9 Å². The van der Waals surface area contributed by atoms with Crippen LogP contribution < -0.4 is 19.5 Å². The summed E-state index contributed by atoms with van der Waals surface area (Å²) in [6.45, 7) is 2.45. The first-order valence-corrected chi connectivity index (χ1v) is 11.0.